The number of carbonyl (C=O) groups is 1. The molecule has 11 heavy (non-hydrogen) atoms. The van der Waals surface area contributed by atoms with E-state index in [1.165, 1.54) is 11.8 Å². The molecule has 0 rings (SSSR count). The summed E-state index contributed by atoms with van der Waals surface area (Å²) in [5, 5.41) is 0.816. The summed E-state index contributed by atoms with van der Waals surface area (Å²) < 4.78 is 0. The zero-order valence-corrected chi connectivity index (χ0v) is 7.57. The number of rotatable bonds is 3. The van der Waals surface area contributed by atoms with Crippen molar-refractivity contribution in [2.45, 2.75) is 13.8 Å². The Balaban J connectivity index is 3.95. The van der Waals surface area contributed by atoms with Gasteiger partial charge in [0.25, 0.3) is 5.91 Å². The van der Waals surface area contributed by atoms with Crippen molar-refractivity contribution in [3.8, 4) is 0 Å². The van der Waals surface area contributed by atoms with Crippen LogP contribution in [-0.2, 0) is 4.79 Å². The number of nitrogens with zero attached hydrogens (tertiary/aromatic N) is 1. The van der Waals surface area contributed by atoms with Crippen molar-refractivity contribution in [3.63, 3.8) is 0 Å². The van der Waals surface area contributed by atoms with E-state index in [4.69, 9.17) is 5.73 Å². The molecule has 0 bridgehead atoms. The molecule has 4 heteroatoms. The summed E-state index contributed by atoms with van der Waals surface area (Å²) in [5.41, 5.74) is 4.97. The van der Waals surface area contributed by atoms with Gasteiger partial charge in [0.1, 0.15) is 0 Å². The van der Waals surface area contributed by atoms with Crippen molar-refractivity contribution in [1.29, 1.82) is 0 Å². The minimum atomic E-state index is -0.486. The summed E-state index contributed by atoms with van der Waals surface area (Å²) in [5.74, 6) is -0.486. The molecule has 2 N–H and O–H groups in total. The minimum Gasteiger partial charge on any atom is -0.365 e. The Labute approximate surface area is 70.8 Å². The zero-order valence-electron chi connectivity index (χ0n) is 6.76. The minimum absolute atomic E-state index is 0.333. The second kappa shape index (κ2) is 4.96. The Morgan fingerprint density at radius 2 is 2.27 bits per heavy atom. The van der Waals surface area contributed by atoms with Crippen LogP contribution in [0.5, 0.6) is 0 Å². The Bertz CT molecular complexity index is 199. The van der Waals surface area contributed by atoms with Crippen LogP contribution in [0.1, 0.15) is 13.8 Å². The van der Waals surface area contributed by atoms with Gasteiger partial charge in [0.2, 0.25) is 0 Å². The van der Waals surface area contributed by atoms with E-state index in [0.717, 1.165) is 5.04 Å². The maximum atomic E-state index is 10.5. The molecule has 3 nitrogen and oxygen atoms in total. The summed E-state index contributed by atoms with van der Waals surface area (Å²) in [4.78, 5) is 14.9. The van der Waals surface area contributed by atoms with E-state index in [-0.39, 0.29) is 0 Å². The average Bonchev–Trinajstić information content (AvgIpc) is 1.87. The molecule has 0 heterocycles. The third-order valence-electron chi connectivity index (χ3n) is 0.927. The van der Waals surface area contributed by atoms with Crippen LogP contribution in [0, 0.1) is 0 Å². The Morgan fingerprint density at radius 3 is 2.64 bits per heavy atom. The highest BCUT2D eigenvalue weighted by atomic mass is 32.2. The van der Waals surface area contributed by atoms with Crippen LogP contribution in [0.2, 0.25) is 0 Å². The molecule has 62 valence electrons. The van der Waals surface area contributed by atoms with E-state index in [2.05, 4.69) is 11.6 Å². The number of hydrogen-bond acceptors (Lipinski definition) is 3. The molecular weight excluding hydrogens is 160 g/mol. The van der Waals surface area contributed by atoms with Gasteiger partial charge in [0.15, 0.2) is 0 Å². The van der Waals surface area contributed by atoms with Gasteiger partial charge in [-0.25, -0.2) is 0 Å². The van der Waals surface area contributed by atoms with Crippen molar-refractivity contribution < 1.29 is 4.79 Å². The number of amides is 1. The molecule has 0 saturated heterocycles. The van der Waals surface area contributed by atoms with Gasteiger partial charge < -0.3 is 5.73 Å². The smallest absolute Gasteiger partial charge is 0.254 e. The van der Waals surface area contributed by atoms with E-state index in [1.54, 1.807) is 0 Å². The van der Waals surface area contributed by atoms with Gasteiger partial charge in [0.05, 0.1) is 9.95 Å². The summed E-state index contributed by atoms with van der Waals surface area (Å²) in [6.45, 7) is 7.95. The molecule has 0 aliphatic rings. The molecular formula is C7H12N2OS. The summed E-state index contributed by atoms with van der Waals surface area (Å²) in [6, 6.07) is 0. The molecule has 0 aromatic rings. The zero-order chi connectivity index (χ0) is 8.85. The highest BCUT2D eigenvalue weighted by Crippen LogP contribution is 2.14. The van der Waals surface area contributed by atoms with Gasteiger partial charge in [-0.1, -0.05) is 18.3 Å². The lowest BCUT2D eigenvalue weighted by molar-refractivity contribution is -0.113. The van der Waals surface area contributed by atoms with Gasteiger partial charge in [-0.3, -0.25) is 9.79 Å². The fourth-order valence-corrected chi connectivity index (χ4v) is 1.13. The number of carbonyl (C=O) groups excluding carboxylic acids is 1. The van der Waals surface area contributed by atoms with E-state index in [1.807, 2.05) is 13.8 Å². The highest BCUT2D eigenvalue weighted by Gasteiger charge is 2.02. The van der Waals surface area contributed by atoms with E-state index >= 15 is 0 Å². The largest absolute Gasteiger partial charge is 0.365 e. The first-order valence-electron chi connectivity index (χ1n) is 3.25. The predicted molar refractivity (Wildman–Crippen MR) is 49.6 cm³/mol. The lowest BCUT2D eigenvalue weighted by Crippen LogP contribution is -2.11. The van der Waals surface area contributed by atoms with Gasteiger partial charge >= 0.3 is 0 Å². The van der Waals surface area contributed by atoms with Crippen LogP contribution < -0.4 is 5.73 Å². The predicted octanol–water partition coefficient (Wildman–Crippen LogP) is 1.16. The molecule has 0 aliphatic carbocycles. The fourth-order valence-electron chi connectivity index (χ4n) is 0.484. The summed E-state index contributed by atoms with van der Waals surface area (Å²) in [7, 11) is 0. The molecule has 0 unspecified atom stereocenters. The van der Waals surface area contributed by atoms with Crippen molar-refractivity contribution >= 4 is 22.7 Å². The second-order valence-corrected chi connectivity index (χ2v) is 3.17. The molecule has 1 amide bonds. The monoisotopic (exact) mass is 172 g/mol. The van der Waals surface area contributed by atoms with Crippen molar-refractivity contribution in [3.05, 3.63) is 11.5 Å². The molecule has 0 saturated carbocycles. The molecule has 0 aliphatic heterocycles. The van der Waals surface area contributed by atoms with Gasteiger partial charge in [-0.05, 0) is 13.8 Å². The molecule has 0 radical (unpaired) electrons. The van der Waals surface area contributed by atoms with E-state index in [0.29, 0.717) is 11.4 Å². The van der Waals surface area contributed by atoms with E-state index in [9.17, 15) is 4.79 Å². The Hall–Kier alpha value is -0.770. The maximum absolute atomic E-state index is 10.5. The van der Waals surface area contributed by atoms with Crippen LogP contribution in [0.4, 0.5) is 0 Å². The quantitative estimate of drug-likeness (QED) is 0.394. The summed E-state index contributed by atoms with van der Waals surface area (Å²) >= 11 is 1.21. The number of nitrogens with two attached hydrogens (primary N) is 1. The number of primary amides is 1. The molecule has 0 aromatic carbocycles. The first-order valence-corrected chi connectivity index (χ1v) is 4.07. The van der Waals surface area contributed by atoms with Crippen molar-refractivity contribution in [2.75, 3.05) is 6.54 Å². The van der Waals surface area contributed by atoms with E-state index < -0.39 is 5.91 Å². The number of hydrogen-bond donors (Lipinski definition) is 1. The number of aliphatic imine (C=N–C) groups is 1. The van der Waals surface area contributed by atoms with Crippen LogP contribution in [0.3, 0.4) is 0 Å². The first kappa shape index (κ1) is 10.2. The third kappa shape index (κ3) is 4.61. The van der Waals surface area contributed by atoms with Crippen LogP contribution >= 0.6 is 11.8 Å². The normalized spacial score (nSPS) is 11.3. The highest BCUT2D eigenvalue weighted by molar-refractivity contribution is 8.17. The third-order valence-corrected chi connectivity index (χ3v) is 1.80. The SMILES string of the molecule is C=C(S/C(C)=N/CC)C(N)=O. The molecule has 0 spiro atoms. The topological polar surface area (TPSA) is 55.4 Å². The second-order valence-electron chi connectivity index (χ2n) is 1.88. The standard InChI is InChI=1S/C7H12N2OS/c1-4-9-6(3)11-5(2)7(8)10/h2,4H2,1,3H3,(H2,8,10)/b9-6+. The first-order chi connectivity index (χ1) is 5.07. The van der Waals surface area contributed by atoms with Gasteiger partial charge in [-0.2, -0.15) is 0 Å². The number of thioether (sulfide) groups is 1. The lowest BCUT2D eigenvalue weighted by Gasteiger charge is -1.98. The van der Waals surface area contributed by atoms with Crippen molar-refractivity contribution in [2.24, 2.45) is 10.7 Å². The molecule has 0 aromatic heterocycles. The fraction of sp³-hybridized carbons (Fsp3) is 0.429. The van der Waals surface area contributed by atoms with Crippen LogP contribution in [-0.4, -0.2) is 17.5 Å². The summed E-state index contributed by atoms with van der Waals surface area (Å²) in [6.07, 6.45) is 0. The average molecular weight is 172 g/mol. The van der Waals surface area contributed by atoms with Gasteiger partial charge in [-0.15, -0.1) is 0 Å². The Morgan fingerprint density at radius 1 is 1.73 bits per heavy atom. The van der Waals surface area contributed by atoms with Crippen LogP contribution in [0.25, 0.3) is 0 Å². The van der Waals surface area contributed by atoms with Crippen LogP contribution in [0.15, 0.2) is 16.5 Å². The molecule has 0 atom stereocenters. The van der Waals surface area contributed by atoms with Crippen molar-refractivity contribution in [1.82, 2.24) is 0 Å². The Kier molecular flexibility index (Phi) is 4.61. The molecule has 0 fully saturated rings. The van der Waals surface area contributed by atoms with Gasteiger partial charge in [0, 0.05) is 6.54 Å². The maximum Gasteiger partial charge on any atom is 0.254 e. The lowest BCUT2D eigenvalue weighted by atomic mass is 10.6.